The van der Waals surface area contributed by atoms with Gasteiger partial charge in [-0.1, -0.05) is 11.6 Å². The maximum absolute atomic E-state index is 12.5. The first kappa shape index (κ1) is 20.5. The van der Waals surface area contributed by atoms with Crippen molar-refractivity contribution in [2.75, 3.05) is 37.6 Å². The lowest BCUT2D eigenvalue weighted by molar-refractivity contribution is -0.130. The Bertz CT molecular complexity index is 975. The van der Waals surface area contributed by atoms with Gasteiger partial charge in [-0.3, -0.25) is 14.4 Å². The van der Waals surface area contributed by atoms with Crippen molar-refractivity contribution in [1.29, 1.82) is 0 Å². The van der Waals surface area contributed by atoms with Gasteiger partial charge in [-0.25, -0.2) is 0 Å². The van der Waals surface area contributed by atoms with Gasteiger partial charge in [-0.15, -0.1) is 0 Å². The number of hydrogen-bond acceptors (Lipinski definition) is 5. The topological polar surface area (TPSA) is 82.9 Å². The fourth-order valence-corrected chi connectivity index (χ4v) is 4.21. The Morgan fingerprint density at radius 2 is 1.80 bits per heavy atom. The molecule has 1 saturated heterocycles. The molecule has 4 rings (SSSR count). The Morgan fingerprint density at radius 3 is 2.47 bits per heavy atom. The van der Waals surface area contributed by atoms with Crippen molar-refractivity contribution in [3.05, 3.63) is 51.9 Å². The van der Waals surface area contributed by atoms with E-state index < -0.39 is 5.91 Å². The van der Waals surface area contributed by atoms with Crippen LogP contribution in [0.1, 0.15) is 45.1 Å². The van der Waals surface area contributed by atoms with Gasteiger partial charge in [0.1, 0.15) is 5.76 Å². The normalized spacial score (nSPS) is 16.4. The molecule has 0 bridgehead atoms. The molecule has 2 aromatic rings. The van der Waals surface area contributed by atoms with Crippen LogP contribution < -0.4 is 10.2 Å². The second-order valence-electron chi connectivity index (χ2n) is 7.66. The summed E-state index contributed by atoms with van der Waals surface area (Å²) in [6.45, 7) is 4.22. The summed E-state index contributed by atoms with van der Waals surface area (Å²) in [4.78, 5) is 41.1. The summed E-state index contributed by atoms with van der Waals surface area (Å²) in [6.07, 6.45) is 1.88. The third kappa shape index (κ3) is 4.07. The van der Waals surface area contributed by atoms with E-state index in [1.54, 1.807) is 11.8 Å². The molecule has 7 nitrogen and oxygen atoms in total. The van der Waals surface area contributed by atoms with Gasteiger partial charge in [0, 0.05) is 55.3 Å². The van der Waals surface area contributed by atoms with Crippen LogP contribution in [0.15, 0.2) is 28.7 Å². The molecule has 0 spiro atoms. The quantitative estimate of drug-likeness (QED) is 0.808. The fourth-order valence-electron chi connectivity index (χ4n) is 4.08. The zero-order chi connectivity index (χ0) is 21.3. The van der Waals surface area contributed by atoms with Crippen LogP contribution in [0, 0.1) is 6.92 Å². The highest BCUT2D eigenvalue weighted by Gasteiger charge is 2.29. The Balaban J connectivity index is 1.31. The second kappa shape index (κ2) is 8.52. The average molecular weight is 430 g/mol. The molecule has 2 amide bonds. The van der Waals surface area contributed by atoms with Crippen molar-refractivity contribution >= 4 is 34.9 Å². The maximum Gasteiger partial charge on any atom is 0.287 e. The minimum atomic E-state index is -0.456. The maximum atomic E-state index is 12.5. The number of halogens is 1. The molecular weight excluding hydrogens is 406 g/mol. The highest BCUT2D eigenvalue weighted by Crippen LogP contribution is 2.29. The van der Waals surface area contributed by atoms with E-state index in [-0.39, 0.29) is 24.0 Å². The van der Waals surface area contributed by atoms with E-state index in [1.165, 1.54) is 0 Å². The number of fused-ring (bicyclic) bond motifs is 1. The van der Waals surface area contributed by atoms with E-state index in [1.807, 2.05) is 24.3 Å². The minimum absolute atomic E-state index is 0.0196. The number of furan rings is 1. The monoisotopic (exact) mass is 429 g/mol. The van der Waals surface area contributed by atoms with Crippen LogP contribution in [0.5, 0.6) is 0 Å². The lowest BCUT2D eigenvalue weighted by atomic mass is 9.94. The molecule has 1 fully saturated rings. The summed E-state index contributed by atoms with van der Waals surface area (Å²) in [5.74, 6) is 0.146. The molecule has 1 aromatic heterocycles. The van der Waals surface area contributed by atoms with Gasteiger partial charge in [-0.05, 0) is 37.6 Å². The Kier molecular flexibility index (Phi) is 5.81. The molecular formula is C22H24ClN3O4. The van der Waals surface area contributed by atoms with Gasteiger partial charge in [0.25, 0.3) is 5.91 Å². The molecule has 158 valence electrons. The Morgan fingerprint density at radius 1 is 1.10 bits per heavy atom. The van der Waals surface area contributed by atoms with Crippen molar-refractivity contribution in [2.24, 2.45) is 0 Å². The molecule has 1 N–H and O–H groups in total. The largest absolute Gasteiger partial charge is 0.455 e. The van der Waals surface area contributed by atoms with Crippen LogP contribution in [0.2, 0.25) is 5.02 Å². The van der Waals surface area contributed by atoms with Gasteiger partial charge in [0.05, 0.1) is 12.1 Å². The molecule has 8 heteroatoms. The third-order valence-electron chi connectivity index (χ3n) is 5.74. The number of carbonyl (C=O) groups excluding carboxylic acids is 3. The number of amides is 2. The summed E-state index contributed by atoms with van der Waals surface area (Å²) in [7, 11) is 0. The molecule has 0 radical (unpaired) electrons. The van der Waals surface area contributed by atoms with E-state index in [0.29, 0.717) is 60.9 Å². The van der Waals surface area contributed by atoms with Crippen LogP contribution in [-0.2, 0) is 11.2 Å². The predicted octanol–water partition coefficient (Wildman–Crippen LogP) is 2.84. The first-order chi connectivity index (χ1) is 14.4. The summed E-state index contributed by atoms with van der Waals surface area (Å²) in [6, 6.07) is 7.64. The summed E-state index contributed by atoms with van der Waals surface area (Å²) in [5, 5.41) is 3.34. The first-order valence-electron chi connectivity index (χ1n) is 10.2. The second-order valence-corrected chi connectivity index (χ2v) is 8.09. The standard InChI is InChI=1S/C22H24ClN3O4/c1-14-20-17(27)3-2-4-18(20)30-21(14)22(29)24-13-19(28)26-11-9-25(10-12-26)16-7-5-15(23)6-8-16/h5-8H,2-4,9-13H2,1H3,(H,24,29). The van der Waals surface area contributed by atoms with Gasteiger partial charge >= 0.3 is 0 Å². The molecule has 1 aliphatic heterocycles. The molecule has 0 atom stereocenters. The zero-order valence-electron chi connectivity index (χ0n) is 16.9. The lowest BCUT2D eigenvalue weighted by Gasteiger charge is -2.36. The number of Topliss-reactive ketones (excluding diaryl/α,β-unsaturated/α-hetero) is 1. The van der Waals surface area contributed by atoms with Gasteiger partial charge in [-0.2, -0.15) is 0 Å². The highest BCUT2D eigenvalue weighted by atomic mass is 35.5. The molecule has 0 unspecified atom stereocenters. The number of hydrogen-bond donors (Lipinski definition) is 1. The van der Waals surface area contributed by atoms with E-state index in [0.717, 1.165) is 12.1 Å². The van der Waals surface area contributed by atoms with Crippen LogP contribution >= 0.6 is 11.6 Å². The first-order valence-corrected chi connectivity index (χ1v) is 10.5. The van der Waals surface area contributed by atoms with Crippen molar-refractivity contribution in [2.45, 2.75) is 26.2 Å². The number of benzene rings is 1. The van der Waals surface area contributed by atoms with E-state index >= 15 is 0 Å². The molecule has 0 saturated carbocycles. The Hall–Kier alpha value is -2.80. The SMILES string of the molecule is Cc1c(C(=O)NCC(=O)N2CCN(c3ccc(Cl)cc3)CC2)oc2c1C(=O)CCC2. The van der Waals surface area contributed by atoms with Crippen LogP contribution in [0.3, 0.4) is 0 Å². The molecule has 1 aromatic carbocycles. The average Bonchev–Trinajstić information content (AvgIpc) is 3.10. The van der Waals surface area contributed by atoms with Crippen molar-refractivity contribution in [3.8, 4) is 0 Å². The van der Waals surface area contributed by atoms with Gasteiger partial charge < -0.3 is 19.5 Å². The number of carbonyl (C=O) groups is 3. The van der Waals surface area contributed by atoms with Crippen molar-refractivity contribution in [1.82, 2.24) is 10.2 Å². The number of ketones is 1. The summed E-state index contributed by atoms with van der Waals surface area (Å²) in [5.41, 5.74) is 2.18. The van der Waals surface area contributed by atoms with E-state index in [2.05, 4.69) is 10.2 Å². The smallest absolute Gasteiger partial charge is 0.287 e. The van der Waals surface area contributed by atoms with Crippen LogP contribution in [0.4, 0.5) is 5.69 Å². The predicted molar refractivity (Wildman–Crippen MR) is 113 cm³/mol. The van der Waals surface area contributed by atoms with E-state index in [4.69, 9.17) is 16.0 Å². The molecule has 30 heavy (non-hydrogen) atoms. The van der Waals surface area contributed by atoms with Crippen molar-refractivity contribution < 1.29 is 18.8 Å². The summed E-state index contributed by atoms with van der Waals surface area (Å²) >= 11 is 5.94. The molecule has 2 aliphatic rings. The highest BCUT2D eigenvalue weighted by molar-refractivity contribution is 6.30. The summed E-state index contributed by atoms with van der Waals surface area (Å²) < 4.78 is 5.64. The number of nitrogens with zero attached hydrogens (tertiary/aromatic N) is 2. The third-order valence-corrected chi connectivity index (χ3v) is 5.99. The fraction of sp³-hybridized carbons (Fsp3) is 0.409. The van der Waals surface area contributed by atoms with Crippen molar-refractivity contribution in [3.63, 3.8) is 0 Å². The van der Waals surface area contributed by atoms with E-state index in [9.17, 15) is 14.4 Å². The van der Waals surface area contributed by atoms with Gasteiger partial charge in [0.2, 0.25) is 5.91 Å². The molecule has 2 heterocycles. The van der Waals surface area contributed by atoms with Crippen LogP contribution in [0.25, 0.3) is 0 Å². The number of aryl methyl sites for hydroxylation is 1. The number of rotatable bonds is 4. The lowest BCUT2D eigenvalue weighted by Crippen LogP contribution is -2.51. The number of nitrogens with one attached hydrogen (secondary N) is 1. The van der Waals surface area contributed by atoms with Gasteiger partial charge in [0.15, 0.2) is 11.5 Å². The van der Waals surface area contributed by atoms with Crippen LogP contribution in [-0.4, -0.2) is 55.2 Å². The molecule has 1 aliphatic carbocycles. The minimum Gasteiger partial charge on any atom is -0.455 e. The Labute approximate surface area is 180 Å². The number of anilines is 1. The number of piperazine rings is 1. The zero-order valence-corrected chi connectivity index (χ0v) is 17.6.